The molecular weight excluding hydrogens is 246 g/mol. The number of hydrogen-bond acceptors (Lipinski definition) is 2. The number of anilines is 1. The summed E-state index contributed by atoms with van der Waals surface area (Å²) in [5.41, 5.74) is 10.2. The van der Waals surface area contributed by atoms with Gasteiger partial charge in [-0.2, -0.15) is 0 Å². The molecule has 0 fully saturated rings. The highest BCUT2D eigenvalue weighted by molar-refractivity contribution is 5.68. The minimum atomic E-state index is 0.556. The Balaban J connectivity index is 0.000000704. The second kappa shape index (κ2) is 6.47. The Morgan fingerprint density at radius 1 is 1.05 bits per heavy atom. The molecule has 0 aliphatic carbocycles. The van der Waals surface area contributed by atoms with Crippen molar-refractivity contribution in [2.45, 2.75) is 33.1 Å². The summed E-state index contributed by atoms with van der Waals surface area (Å²) in [6.45, 7) is 7.02. The predicted octanol–water partition coefficient (Wildman–Crippen LogP) is 4.85. The van der Waals surface area contributed by atoms with Crippen LogP contribution in [0.25, 0.3) is 11.1 Å². The number of fused-ring (bicyclic) bond motifs is 1. The van der Waals surface area contributed by atoms with E-state index in [1.54, 1.807) is 0 Å². The Hall–Kier alpha value is -1.96. The van der Waals surface area contributed by atoms with Crippen molar-refractivity contribution < 1.29 is 4.74 Å². The maximum Gasteiger partial charge on any atom is 0.123 e. The Labute approximate surface area is 121 Å². The normalized spacial score (nSPS) is 15.8. The maximum atomic E-state index is 5.76. The minimum Gasteiger partial charge on any atom is -0.493 e. The average Bonchev–Trinajstić information content (AvgIpc) is 2.92. The lowest BCUT2D eigenvalue weighted by molar-refractivity contribution is 0.328. The standard InChI is InChI=1S/C16H17NO.C2H6/c1-2-11-10-18-16-9-13(5-8-15(11)16)12-3-6-14(17)7-4-12;1-2/h3-9,11H,2,10,17H2,1H3;1-2H3. The molecule has 3 rings (SSSR count). The van der Waals surface area contributed by atoms with E-state index >= 15 is 0 Å². The summed E-state index contributed by atoms with van der Waals surface area (Å²) in [4.78, 5) is 0. The molecule has 1 unspecified atom stereocenters. The Morgan fingerprint density at radius 3 is 2.35 bits per heavy atom. The molecule has 106 valence electrons. The molecule has 2 N–H and O–H groups in total. The summed E-state index contributed by atoms with van der Waals surface area (Å²) >= 11 is 0. The molecule has 0 bridgehead atoms. The smallest absolute Gasteiger partial charge is 0.123 e. The van der Waals surface area contributed by atoms with Crippen LogP contribution in [0.5, 0.6) is 5.75 Å². The van der Waals surface area contributed by atoms with Crippen molar-refractivity contribution in [2.24, 2.45) is 0 Å². The number of nitrogen functional groups attached to an aromatic ring is 1. The van der Waals surface area contributed by atoms with E-state index in [0.717, 1.165) is 24.5 Å². The van der Waals surface area contributed by atoms with Crippen molar-refractivity contribution in [2.75, 3.05) is 12.3 Å². The number of ether oxygens (including phenoxy) is 1. The number of benzene rings is 2. The van der Waals surface area contributed by atoms with E-state index in [4.69, 9.17) is 10.5 Å². The molecule has 1 atom stereocenters. The molecule has 1 aliphatic heterocycles. The van der Waals surface area contributed by atoms with Gasteiger partial charge >= 0.3 is 0 Å². The van der Waals surface area contributed by atoms with Crippen molar-refractivity contribution >= 4 is 5.69 Å². The van der Waals surface area contributed by atoms with Crippen molar-refractivity contribution in [3.05, 3.63) is 48.0 Å². The van der Waals surface area contributed by atoms with E-state index in [1.807, 2.05) is 38.1 Å². The van der Waals surface area contributed by atoms with Crippen LogP contribution in [0.2, 0.25) is 0 Å². The third-order valence-corrected chi connectivity index (χ3v) is 3.63. The molecule has 0 saturated heterocycles. The third kappa shape index (κ3) is 2.79. The lowest BCUT2D eigenvalue weighted by Crippen LogP contribution is -1.97. The van der Waals surface area contributed by atoms with Gasteiger partial charge in [-0.15, -0.1) is 0 Å². The quantitative estimate of drug-likeness (QED) is 0.791. The zero-order valence-corrected chi connectivity index (χ0v) is 12.5. The molecule has 0 amide bonds. The van der Waals surface area contributed by atoms with Crippen LogP contribution in [0.1, 0.15) is 38.7 Å². The lowest BCUT2D eigenvalue weighted by atomic mass is 9.96. The van der Waals surface area contributed by atoms with E-state index < -0.39 is 0 Å². The van der Waals surface area contributed by atoms with Gasteiger partial charge in [0.25, 0.3) is 0 Å². The zero-order chi connectivity index (χ0) is 14.5. The molecule has 1 aliphatic rings. The number of rotatable bonds is 2. The fourth-order valence-electron chi connectivity index (χ4n) is 2.47. The van der Waals surface area contributed by atoms with Gasteiger partial charge < -0.3 is 10.5 Å². The first-order chi connectivity index (χ1) is 9.78. The third-order valence-electron chi connectivity index (χ3n) is 3.63. The summed E-state index contributed by atoms with van der Waals surface area (Å²) in [7, 11) is 0. The zero-order valence-electron chi connectivity index (χ0n) is 12.5. The minimum absolute atomic E-state index is 0.556. The Kier molecular flexibility index (Phi) is 4.67. The molecule has 2 heteroatoms. The average molecular weight is 269 g/mol. The van der Waals surface area contributed by atoms with Crippen molar-refractivity contribution in [3.63, 3.8) is 0 Å². The van der Waals surface area contributed by atoms with Gasteiger partial charge in [0.2, 0.25) is 0 Å². The van der Waals surface area contributed by atoms with Crippen LogP contribution in [0.4, 0.5) is 5.69 Å². The van der Waals surface area contributed by atoms with Crippen LogP contribution in [-0.2, 0) is 0 Å². The van der Waals surface area contributed by atoms with Crippen molar-refractivity contribution in [1.82, 2.24) is 0 Å². The fourth-order valence-corrected chi connectivity index (χ4v) is 2.47. The second-order valence-electron chi connectivity index (χ2n) is 4.79. The molecule has 0 saturated carbocycles. The highest BCUT2D eigenvalue weighted by atomic mass is 16.5. The first-order valence-corrected chi connectivity index (χ1v) is 7.40. The predicted molar refractivity (Wildman–Crippen MR) is 86.2 cm³/mol. The summed E-state index contributed by atoms with van der Waals surface area (Å²) in [6, 6.07) is 14.4. The first kappa shape index (κ1) is 14.4. The molecule has 2 aromatic carbocycles. The summed E-state index contributed by atoms with van der Waals surface area (Å²) in [5, 5.41) is 0. The second-order valence-corrected chi connectivity index (χ2v) is 4.79. The van der Waals surface area contributed by atoms with E-state index in [-0.39, 0.29) is 0 Å². The van der Waals surface area contributed by atoms with Crippen LogP contribution >= 0.6 is 0 Å². The molecule has 0 aromatic heterocycles. The van der Waals surface area contributed by atoms with Crippen LogP contribution in [0.15, 0.2) is 42.5 Å². The van der Waals surface area contributed by atoms with Crippen molar-refractivity contribution in [1.29, 1.82) is 0 Å². The molecule has 0 spiro atoms. The number of nitrogens with two attached hydrogens (primary N) is 1. The number of hydrogen-bond donors (Lipinski definition) is 1. The SMILES string of the molecule is CC.CCC1COc2cc(-c3ccc(N)cc3)ccc21. The Bertz CT molecular complexity index is 560. The van der Waals surface area contributed by atoms with Gasteiger partial charge in [-0.25, -0.2) is 0 Å². The van der Waals surface area contributed by atoms with Gasteiger partial charge in [0.1, 0.15) is 5.75 Å². The highest BCUT2D eigenvalue weighted by Crippen LogP contribution is 2.38. The molecule has 1 heterocycles. The molecule has 2 nitrogen and oxygen atoms in total. The largest absolute Gasteiger partial charge is 0.493 e. The molecule has 20 heavy (non-hydrogen) atoms. The summed E-state index contributed by atoms with van der Waals surface area (Å²) in [5.74, 6) is 1.59. The lowest BCUT2D eigenvalue weighted by Gasteiger charge is -2.07. The van der Waals surface area contributed by atoms with Gasteiger partial charge in [0.15, 0.2) is 0 Å². The molecule has 2 aromatic rings. The first-order valence-electron chi connectivity index (χ1n) is 7.40. The van der Waals surface area contributed by atoms with Crippen LogP contribution in [0, 0.1) is 0 Å². The Morgan fingerprint density at radius 2 is 1.70 bits per heavy atom. The highest BCUT2D eigenvalue weighted by Gasteiger charge is 2.22. The summed E-state index contributed by atoms with van der Waals surface area (Å²) < 4.78 is 5.76. The van der Waals surface area contributed by atoms with Gasteiger partial charge in [0, 0.05) is 17.2 Å². The monoisotopic (exact) mass is 269 g/mol. The molecular formula is C18H23NO. The summed E-state index contributed by atoms with van der Waals surface area (Å²) in [6.07, 6.45) is 1.13. The van der Waals surface area contributed by atoms with Gasteiger partial charge in [-0.3, -0.25) is 0 Å². The van der Waals surface area contributed by atoms with Crippen molar-refractivity contribution in [3.8, 4) is 16.9 Å². The van der Waals surface area contributed by atoms with Crippen LogP contribution < -0.4 is 10.5 Å². The fraction of sp³-hybridized carbons (Fsp3) is 0.333. The van der Waals surface area contributed by atoms with E-state index in [0.29, 0.717) is 5.92 Å². The topological polar surface area (TPSA) is 35.2 Å². The maximum absolute atomic E-state index is 5.76. The van der Waals surface area contributed by atoms with Gasteiger partial charge in [-0.1, -0.05) is 45.0 Å². The van der Waals surface area contributed by atoms with E-state index in [1.165, 1.54) is 16.7 Å². The van der Waals surface area contributed by atoms with E-state index in [9.17, 15) is 0 Å². The van der Waals surface area contributed by atoms with Crippen LogP contribution in [0.3, 0.4) is 0 Å². The van der Waals surface area contributed by atoms with Gasteiger partial charge in [0.05, 0.1) is 6.61 Å². The molecule has 0 radical (unpaired) electrons. The van der Waals surface area contributed by atoms with Gasteiger partial charge in [-0.05, 0) is 35.7 Å². The van der Waals surface area contributed by atoms with E-state index in [2.05, 4.69) is 25.1 Å². The van der Waals surface area contributed by atoms with Crippen LogP contribution in [-0.4, -0.2) is 6.61 Å².